The Kier molecular flexibility index (Phi) is 9.30. The van der Waals surface area contributed by atoms with E-state index in [2.05, 4.69) is 9.84 Å². The van der Waals surface area contributed by atoms with Crippen LogP contribution in [0.15, 0.2) is 29.3 Å². The average molecular weight is 636 g/mol. The number of aliphatic hydroxyl groups is 1. The highest BCUT2D eigenvalue weighted by Gasteiger charge is 2.51. The molecule has 0 unspecified atom stereocenters. The molecule has 0 saturated heterocycles. The predicted molar refractivity (Wildman–Crippen MR) is 143 cm³/mol. The van der Waals surface area contributed by atoms with Gasteiger partial charge >= 0.3 is 12.1 Å². The minimum atomic E-state index is -4.81. The molecule has 1 aliphatic heterocycles. The summed E-state index contributed by atoms with van der Waals surface area (Å²) in [6, 6.07) is 4.06. The number of carbonyl (C=O) groups excluding carboxylic acids is 2. The van der Waals surface area contributed by atoms with E-state index in [4.69, 9.17) is 9.47 Å². The lowest BCUT2D eigenvalue weighted by molar-refractivity contribution is -0.257. The van der Waals surface area contributed by atoms with Gasteiger partial charge in [-0.1, -0.05) is 6.07 Å². The summed E-state index contributed by atoms with van der Waals surface area (Å²) in [4.78, 5) is 24.4. The number of anilines is 1. The van der Waals surface area contributed by atoms with E-state index in [-0.39, 0.29) is 66.0 Å². The minimum Gasteiger partial charge on any atom is -0.486 e. The van der Waals surface area contributed by atoms with E-state index in [1.54, 1.807) is 6.92 Å². The third-order valence-corrected chi connectivity index (χ3v) is 8.87. The number of aromatic nitrogens is 2. The molecule has 1 fully saturated rings. The van der Waals surface area contributed by atoms with Crippen LogP contribution in [-0.2, 0) is 37.3 Å². The lowest BCUT2D eigenvalue weighted by atomic mass is 10.1. The van der Waals surface area contributed by atoms with E-state index < -0.39 is 59.0 Å². The van der Waals surface area contributed by atoms with E-state index in [1.807, 2.05) is 0 Å². The summed E-state index contributed by atoms with van der Waals surface area (Å²) in [6.07, 6.45) is -5.90. The van der Waals surface area contributed by atoms with Crippen molar-refractivity contribution in [1.82, 2.24) is 9.78 Å². The van der Waals surface area contributed by atoms with Crippen molar-refractivity contribution in [2.24, 2.45) is 5.92 Å². The molecule has 2 aliphatic rings. The van der Waals surface area contributed by atoms with Gasteiger partial charge in [0, 0.05) is 19.2 Å². The van der Waals surface area contributed by atoms with E-state index >= 15 is 0 Å². The number of nitrogens with zero attached hydrogens (tertiary/aromatic N) is 3. The fourth-order valence-corrected chi connectivity index (χ4v) is 6.04. The molecule has 0 spiro atoms. The Morgan fingerprint density at radius 2 is 1.93 bits per heavy atom. The van der Waals surface area contributed by atoms with Gasteiger partial charge in [0.05, 0.1) is 31.2 Å². The number of aryl methyl sites for hydroxylation is 1. The fourth-order valence-electron chi connectivity index (χ4n) is 4.46. The van der Waals surface area contributed by atoms with Crippen LogP contribution in [0, 0.1) is 5.92 Å². The SMILES string of the molecule is CCn1cc(S(=O)(=O)N2C[C@H](CCC(=O)[C@@H]3C[C@@H]3F)Oc3ccc(CC(=O)OC(C)(C)C(F)(F)F)cc32)c(OCCO)n1. The fraction of sp³-hybridized carbons (Fsp3) is 0.593. The molecule has 1 saturated carbocycles. The molecule has 1 aliphatic carbocycles. The number of ether oxygens (including phenoxy) is 3. The van der Waals surface area contributed by atoms with Crippen LogP contribution >= 0.6 is 0 Å². The lowest BCUT2D eigenvalue weighted by Crippen LogP contribution is -2.44. The predicted octanol–water partition coefficient (Wildman–Crippen LogP) is 3.36. The molecule has 2 heterocycles. The molecule has 238 valence electrons. The van der Waals surface area contributed by atoms with Gasteiger partial charge in [0.2, 0.25) is 5.60 Å². The summed E-state index contributed by atoms with van der Waals surface area (Å²) in [5, 5.41) is 13.3. The number of ketones is 1. The van der Waals surface area contributed by atoms with Crippen LogP contribution in [0.3, 0.4) is 0 Å². The van der Waals surface area contributed by atoms with Crippen LogP contribution in [0.5, 0.6) is 11.6 Å². The molecule has 3 atom stereocenters. The van der Waals surface area contributed by atoms with E-state index in [0.29, 0.717) is 20.4 Å². The molecule has 11 nitrogen and oxygen atoms in total. The van der Waals surface area contributed by atoms with Crippen molar-refractivity contribution in [2.75, 3.05) is 24.1 Å². The molecule has 16 heteroatoms. The second-order valence-electron chi connectivity index (χ2n) is 10.8. The van der Waals surface area contributed by atoms with Crippen LogP contribution in [-0.4, -0.2) is 78.9 Å². The van der Waals surface area contributed by atoms with Crippen LogP contribution in [0.4, 0.5) is 23.2 Å². The van der Waals surface area contributed by atoms with Gasteiger partial charge < -0.3 is 19.3 Å². The van der Waals surface area contributed by atoms with E-state index in [1.165, 1.54) is 29.1 Å². The summed E-state index contributed by atoms with van der Waals surface area (Å²) in [7, 11) is -4.45. The highest BCUT2D eigenvalue weighted by molar-refractivity contribution is 7.93. The molecular weight excluding hydrogens is 602 g/mol. The molecular formula is C27H33F4N3O8S. The van der Waals surface area contributed by atoms with E-state index in [9.17, 15) is 40.7 Å². The summed E-state index contributed by atoms with van der Waals surface area (Å²) >= 11 is 0. The number of rotatable bonds is 13. The van der Waals surface area contributed by atoms with Crippen molar-refractivity contribution >= 4 is 27.5 Å². The number of carbonyl (C=O) groups is 2. The van der Waals surface area contributed by atoms with Gasteiger partial charge in [0.1, 0.15) is 30.4 Å². The molecule has 4 rings (SSSR count). The first-order chi connectivity index (χ1) is 20.1. The van der Waals surface area contributed by atoms with Crippen molar-refractivity contribution in [2.45, 2.75) is 81.9 Å². The van der Waals surface area contributed by atoms with Crippen molar-refractivity contribution in [1.29, 1.82) is 0 Å². The van der Waals surface area contributed by atoms with Crippen molar-refractivity contribution in [3.8, 4) is 11.6 Å². The largest absolute Gasteiger partial charge is 0.486 e. The monoisotopic (exact) mass is 635 g/mol. The maximum absolute atomic E-state index is 14.1. The topological polar surface area (TPSA) is 137 Å². The van der Waals surface area contributed by atoms with Crippen molar-refractivity contribution in [3.05, 3.63) is 30.0 Å². The van der Waals surface area contributed by atoms with Gasteiger partial charge in [-0.2, -0.15) is 13.2 Å². The van der Waals surface area contributed by atoms with Crippen LogP contribution in [0.2, 0.25) is 0 Å². The standard InChI is InChI=1S/C27H33F4N3O8S/c1-4-33-15-23(25(32-33)40-10-9-35)43(38,39)34-14-17(6-7-21(36)18-13-19(18)28)41-22-8-5-16(11-20(22)34)12-24(37)42-26(2,3)27(29,30)31/h5,8,11,15,17-19,35H,4,6-7,9-10,12-14H2,1-3H3/t17-,18+,19-/m0/s1. The second-order valence-corrected chi connectivity index (χ2v) is 12.7. The van der Waals surface area contributed by atoms with E-state index in [0.717, 1.165) is 4.31 Å². The maximum atomic E-state index is 14.1. The van der Waals surface area contributed by atoms with Gasteiger partial charge in [0.15, 0.2) is 4.90 Å². The van der Waals surface area contributed by atoms with Crippen molar-refractivity contribution < 1.29 is 54.9 Å². The second kappa shape index (κ2) is 12.3. The number of halogens is 4. The zero-order valence-corrected chi connectivity index (χ0v) is 24.6. The Hall–Kier alpha value is -3.40. The highest BCUT2D eigenvalue weighted by Crippen LogP contribution is 2.41. The number of sulfonamides is 1. The smallest absolute Gasteiger partial charge is 0.427 e. The molecule has 43 heavy (non-hydrogen) atoms. The van der Waals surface area contributed by atoms with Crippen LogP contribution in [0.25, 0.3) is 0 Å². The van der Waals surface area contributed by atoms with Gasteiger partial charge in [-0.15, -0.1) is 5.10 Å². The quantitative estimate of drug-likeness (QED) is 0.260. The summed E-state index contributed by atoms with van der Waals surface area (Å²) in [5.41, 5.74) is -2.59. The number of hydrogen-bond donors (Lipinski definition) is 1. The first kappa shape index (κ1) is 32.5. The number of esters is 1. The maximum Gasteiger partial charge on any atom is 0.427 e. The Labute approximate surface area is 245 Å². The molecule has 1 aromatic heterocycles. The van der Waals surface area contributed by atoms with Crippen molar-refractivity contribution in [3.63, 3.8) is 0 Å². The summed E-state index contributed by atoms with van der Waals surface area (Å²) in [6.45, 7) is 2.54. The Bertz CT molecular complexity index is 1460. The third-order valence-electron chi connectivity index (χ3n) is 7.11. The number of alkyl halides is 4. The number of benzene rings is 1. The molecule has 0 bridgehead atoms. The zero-order valence-electron chi connectivity index (χ0n) is 23.8. The third kappa shape index (κ3) is 7.22. The van der Waals surface area contributed by atoms with Gasteiger partial charge in [-0.3, -0.25) is 18.6 Å². The number of aliphatic hydroxyl groups excluding tert-OH is 1. The van der Waals surface area contributed by atoms with Crippen LogP contribution < -0.4 is 13.8 Å². The number of Topliss-reactive ketones (excluding diaryl/α,β-unsaturated/α-hetero) is 1. The van der Waals surface area contributed by atoms with Gasteiger partial charge in [-0.25, -0.2) is 12.8 Å². The Balaban J connectivity index is 1.66. The number of fused-ring (bicyclic) bond motifs is 1. The average Bonchev–Trinajstić information content (AvgIpc) is 3.50. The van der Waals surface area contributed by atoms with Gasteiger partial charge in [0.25, 0.3) is 15.9 Å². The zero-order chi connectivity index (χ0) is 31.7. The molecule has 0 radical (unpaired) electrons. The Morgan fingerprint density at radius 3 is 2.53 bits per heavy atom. The van der Waals surface area contributed by atoms with Gasteiger partial charge in [-0.05, 0) is 51.3 Å². The van der Waals surface area contributed by atoms with Crippen LogP contribution in [0.1, 0.15) is 45.6 Å². The molecule has 2 aromatic rings. The minimum absolute atomic E-state index is 0.00803. The summed E-state index contributed by atoms with van der Waals surface area (Å²) in [5.74, 6) is -2.30. The summed E-state index contributed by atoms with van der Waals surface area (Å²) < 4.78 is 99.5. The normalized spacial score (nSPS) is 20.3. The molecule has 0 amide bonds. The first-order valence-corrected chi connectivity index (χ1v) is 15.1. The number of hydrogen-bond acceptors (Lipinski definition) is 9. The highest BCUT2D eigenvalue weighted by atomic mass is 32.2. The molecule has 1 N–H and O–H groups in total. The molecule has 1 aromatic carbocycles. The first-order valence-electron chi connectivity index (χ1n) is 13.7. The Morgan fingerprint density at radius 1 is 1.23 bits per heavy atom. The lowest BCUT2D eigenvalue weighted by Gasteiger charge is -2.35.